The fourth-order valence-electron chi connectivity index (χ4n) is 1.90. The first-order valence-corrected chi connectivity index (χ1v) is 6.30. The molecule has 0 heterocycles. The molecule has 17 heavy (non-hydrogen) atoms. The topological polar surface area (TPSA) is 20.2 Å². The fourth-order valence-corrected chi connectivity index (χ4v) is 1.90. The lowest BCUT2D eigenvalue weighted by atomic mass is 9.89. The van der Waals surface area contributed by atoms with E-state index in [1.807, 2.05) is 0 Å². The van der Waals surface area contributed by atoms with Gasteiger partial charge in [0.05, 0.1) is 6.61 Å². The third kappa shape index (κ3) is 3.61. The highest BCUT2D eigenvalue weighted by atomic mass is 16.2. The minimum atomic E-state index is 0.133. The van der Waals surface area contributed by atoms with Crippen LogP contribution in [0.5, 0.6) is 0 Å². The summed E-state index contributed by atoms with van der Waals surface area (Å²) in [7, 11) is 0. The Morgan fingerprint density at radius 3 is 2.00 bits per heavy atom. The van der Waals surface area contributed by atoms with Crippen molar-refractivity contribution in [2.24, 2.45) is 0 Å². The minimum Gasteiger partial charge on any atom is -0.395 e. The second-order valence-electron chi connectivity index (χ2n) is 4.90. The van der Waals surface area contributed by atoms with Crippen LogP contribution in [0.4, 0.5) is 0 Å². The van der Waals surface area contributed by atoms with Gasteiger partial charge in [-0.25, -0.2) is 0 Å². The Morgan fingerprint density at radius 2 is 1.59 bits per heavy atom. The maximum Gasteiger partial charge on any atom is 0.0540 e. The summed E-state index contributed by atoms with van der Waals surface area (Å²) in [6.07, 6.45) is 0.546. The standard InChI is InChI=1S/C16H22O/c1-12(2)14-9-7-10-15(13(3)4)16(14)8-5-6-11-17/h7,9-10,12-13,17H,6,11H2,1-4H3. The van der Waals surface area contributed by atoms with Crippen molar-refractivity contribution in [2.45, 2.75) is 46.0 Å². The van der Waals surface area contributed by atoms with E-state index in [4.69, 9.17) is 5.11 Å². The van der Waals surface area contributed by atoms with Crippen LogP contribution in [0.15, 0.2) is 18.2 Å². The van der Waals surface area contributed by atoms with Gasteiger partial charge in [0.25, 0.3) is 0 Å². The van der Waals surface area contributed by atoms with Gasteiger partial charge in [-0.2, -0.15) is 0 Å². The molecule has 1 N–H and O–H groups in total. The van der Waals surface area contributed by atoms with Crippen molar-refractivity contribution >= 4 is 0 Å². The summed E-state index contributed by atoms with van der Waals surface area (Å²) in [5, 5.41) is 8.80. The first-order valence-electron chi connectivity index (χ1n) is 6.30. The van der Waals surface area contributed by atoms with Crippen LogP contribution in [-0.2, 0) is 0 Å². The van der Waals surface area contributed by atoms with Crippen LogP contribution in [0, 0.1) is 11.8 Å². The molecule has 1 rings (SSSR count). The summed E-state index contributed by atoms with van der Waals surface area (Å²) in [4.78, 5) is 0. The number of hydrogen-bond acceptors (Lipinski definition) is 1. The zero-order valence-corrected chi connectivity index (χ0v) is 11.2. The fraction of sp³-hybridized carbons (Fsp3) is 0.500. The summed E-state index contributed by atoms with van der Waals surface area (Å²) in [5.74, 6) is 7.24. The largest absolute Gasteiger partial charge is 0.395 e. The van der Waals surface area contributed by atoms with E-state index in [0.717, 1.165) is 5.56 Å². The Morgan fingerprint density at radius 1 is 1.06 bits per heavy atom. The molecule has 0 spiro atoms. The van der Waals surface area contributed by atoms with Gasteiger partial charge in [0.2, 0.25) is 0 Å². The van der Waals surface area contributed by atoms with Crippen molar-refractivity contribution < 1.29 is 5.11 Å². The molecule has 0 saturated heterocycles. The van der Waals surface area contributed by atoms with E-state index in [2.05, 4.69) is 57.7 Å². The molecule has 0 aliphatic carbocycles. The van der Waals surface area contributed by atoms with Gasteiger partial charge in [0.1, 0.15) is 0 Å². The predicted molar refractivity (Wildman–Crippen MR) is 73.2 cm³/mol. The summed E-state index contributed by atoms with van der Waals surface area (Å²) < 4.78 is 0. The zero-order valence-electron chi connectivity index (χ0n) is 11.2. The number of rotatable bonds is 3. The lowest BCUT2D eigenvalue weighted by molar-refractivity contribution is 0.305. The first-order chi connectivity index (χ1) is 8.07. The molecule has 92 valence electrons. The molecule has 0 radical (unpaired) electrons. The maximum atomic E-state index is 8.80. The normalized spacial score (nSPS) is 10.5. The monoisotopic (exact) mass is 230 g/mol. The second kappa shape index (κ2) is 6.47. The summed E-state index contributed by atoms with van der Waals surface area (Å²) in [6.45, 7) is 8.90. The molecule has 1 heteroatoms. The van der Waals surface area contributed by atoms with E-state index < -0.39 is 0 Å². The summed E-state index contributed by atoms with van der Waals surface area (Å²) in [6, 6.07) is 6.42. The molecule has 1 aromatic rings. The van der Waals surface area contributed by atoms with E-state index in [1.165, 1.54) is 11.1 Å². The average Bonchev–Trinajstić information content (AvgIpc) is 2.28. The molecule has 0 atom stereocenters. The Kier molecular flexibility index (Phi) is 5.25. The van der Waals surface area contributed by atoms with Crippen LogP contribution in [0.2, 0.25) is 0 Å². The van der Waals surface area contributed by atoms with Crippen molar-refractivity contribution in [3.05, 3.63) is 34.9 Å². The molecule has 0 saturated carbocycles. The van der Waals surface area contributed by atoms with Gasteiger partial charge in [-0.3, -0.25) is 0 Å². The minimum absolute atomic E-state index is 0.133. The average molecular weight is 230 g/mol. The molecule has 0 unspecified atom stereocenters. The van der Waals surface area contributed by atoms with Crippen LogP contribution in [0.25, 0.3) is 0 Å². The molecule has 1 aromatic carbocycles. The Bertz CT molecular complexity index is 393. The van der Waals surface area contributed by atoms with Crippen molar-refractivity contribution in [1.82, 2.24) is 0 Å². The van der Waals surface area contributed by atoms with Gasteiger partial charge in [0, 0.05) is 12.0 Å². The van der Waals surface area contributed by atoms with Crippen molar-refractivity contribution in [3.8, 4) is 11.8 Å². The van der Waals surface area contributed by atoms with Gasteiger partial charge in [-0.05, 0) is 23.0 Å². The van der Waals surface area contributed by atoms with E-state index in [1.54, 1.807) is 0 Å². The molecule has 0 fully saturated rings. The number of aliphatic hydroxyl groups excluding tert-OH is 1. The lowest BCUT2D eigenvalue weighted by Crippen LogP contribution is -2.00. The Hall–Kier alpha value is -1.26. The van der Waals surface area contributed by atoms with Crippen molar-refractivity contribution in [1.29, 1.82) is 0 Å². The smallest absolute Gasteiger partial charge is 0.0540 e. The highest BCUT2D eigenvalue weighted by Crippen LogP contribution is 2.26. The Labute approximate surface area is 105 Å². The van der Waals surface area contributed by atoms with Crippen LogP contribution < -0.4 is 0 Å². The van der Waals surface area contributed by atoms with Gasteiger partial charge < -0.3 is 5.11 Å². The first kappa shape index (κ1) is 13.8. The van der Waals surface area contributed by atoms with Gasteiger partial charge in [-0.15, -0.1) is 0 Å². The molecular formula is C16H22O. The molecular weight excluding hydrogens is 208 g/mol. The molecule has 0 aliphatic heterocycles. The van der Waals surface area contributed by atoms with E-state index in [0.29, 0.717) is 18.3 Å². The molecule has 1 nitrogen and oxygen atoms in total. The molecule has 0 bridgehead atoms. The lowest BCUT2D eigenvalue weighted by Gasteiger charge is -2.15. The quantitative estimate of drug-likeness (QED) is 0.786. The van der Waals surface area contributed by atoms with Gasteiger partial charge in [-0.1, -0.05) is 57.7 Å². The van der Waals surface area contributed by atoms with Gasteiger partial charge >= 0.3 is 0 Å². The van der Waals surface area contributed by atoms with Crippen molar-refractivity contribution in [3.63, 3.8) is 0 Å². The molecule has 0 amide bonds. The zero-order chi connectivity index (χ0) is 12.8. The van der Waals surface area contributed by atoms with E-state index in [-0.39, 0.29) is 6.61 Å². The SMILES string of the molecule is CC(C)c1cccc(C(C)C)c1C#CCCO. The maximum absolute atomic E-state index is 8.80. The number of hydrogen-bond donors (Lipinski definition) is 1. The third-order valence-electron chi connectivity index (χ3n) is 2.82. The molecule has 0 aliphatic rings. The summed E-state index contributed by atoms with van der Waals surface area (Å²) in [5.41, 5.74) is 3.77. The predicted octanol–water partition coefficient (Wildman–Crippen LogP) is 3.67. The second-order valence-corrected chi connectivity index (χ2v) is 4.90. The highest BCUT2D eigenvalue weighted by molar-refractivity contribution is 5.49. The Balaban J connectivity index is 3.25. The van der Waals surface area contributed by atoms with Crippen LogP contribution in [0.1, 0.15) is 62.6 Å². The number of benzene rings is 1. The molecule has 0 aromatic heterocycles. The van der Waals surface area contributed by atoms with Crippen LogP contribution in [0.3, 0.4) is 0 Å². The van der Waals surface area contributed by atoms with E-state index >= 15 is 0 Å². The van der Waals surface area contributed by atoms with Crippen LogP contribution in [-0.4, -0.2) is 11.7 Å². The van der Waals surface area contributed by atoms with Crippen LogP contribution >= 0.6 is 0 Å². The summed E-state index contributed by atoms with van der Waals surface area (Å²) >= 11 is 0. The van der Waals surface area contributed by atoms with E-state index in [9.17, 15) is 0 Å². The van der Waals surface area contributed by atoms with Gasteiger partial charge in [0.15, 0.2) is 0 Å². The number of aliphatic hydroxyl groups is 1. The third-order valence-corrected chi connectivity index (χ3v) is 2.82. The highest BCUT2D eigenvalue weighted by Gasteiger charge is 2.11. The van der Waals surface area contributed by atoms with Crippen molar-refractivity contribution in [2.75, 3.05) is 6.61 Å².